The molecule has 0 saturated carbocycles. The number of amides is 1. The number of benzene rings is 2. The van der Waals surface area contributed by atoms with Gasteiger partial charge in [-0.05, 0) is 54.4 Å². The molecule has 4 nitrogen and oxygen atoms in total. The maximum absolute atomic E-state index is 13.7. The summed E-state index contributed by atoms with van der Waals surface area (Å²) >= 11 is 4.24. The van der Waals surface area contributed by atoms with Gasteiger partial charge in [-0.1, -0.05) is 32.9 Å². The van der Waals surface area contributed by atoms with Crippen LogP contribution in [0.3, 0.4) is 0 Å². The summed E-state index contributed by atoms with van der Waals surface area (Å²) in [6, 6.07) is 16.3. The highest BCUT2D eigenvalue weighted by atomic mass is 32.1. The van der Waals surface area contributed by atoms with Gasteiger partial charge in [0.15, 0.2) is 5.60 Å². The number of halogens is 3. The molecule has 1 aromatic heterocycles. The van der Waals surface area contributed by atoms with Crippen molar-refractivity contribution in [2.45, 2.75) is 50.3 Å². The van der Waals surface area contributed by atoms with E-state index >= 15 is 0 Å². The number of hydrogen-bond acceptors (Lipinski definition) is 3. The van der Waals surface area contributed by atoms with Crippen molar-refractivity contribution in [1.82, 2.24) is 9.47 Å². The molecular formula is C27H29F3N2O2S. The Bertz CT molecular complexity index is 1190. The third kappa shape index (κ3) is 5.08. The van der Waals surface area contributed by atoms with E-state index in [2.05, 4.69) is 33.4 Å². The van der Waals surface area contributed by atoms with E-state index in [1.54, 1.807) is 53.4 Å². The number of nitrogens with zero attached hydrogens (tertiary/aromatic N) is 2. The Hall–Kier alpha value is -2.87. The number of para-hydroxylation sites is 2. The summed E-state index contributed by atoms with van der Waals surface area (Å²) < 4.78 is 48.8. The SMILES string of the molecule is CC(C)C.O=C(c1ccc(S)cc1)N1CCC2(CC1)Oc1ccccc1-n1c(C(F)(F)F)ccc12. The molecule has 0 aliphatic carbocycles. The molecule has 0 radical (unpaired) electrons. The van der Waals surface area contributed by atoms with Gasteiger partial charge in [0.25, 0.3) is 5.91 Å². The van der Waals surface area contributed by atoms with E-state index in [1.807, 2.05) is 0 Å². The minimum Gasteiger partial charge on any atom is -0.479 e. The van der Waals surface area contributed by atoms with Crippen molar-refractivity contribution in [2.24, 2.45) is 5.92 Å². The standard InChI is InChI=1S/C23H19F3N2O2S.C4H10/c24-23(25,26)20-10-9-19-22(30-18-4-2-1-3-17(18)28(19)20)11-13-27(14-12-22)21(29)15-5-7-16(31)8-6-15;1-4(2)3/h1-10,31H,11-14H2;4H,1-3H3. The molecule has 0 bridgehead atoms. The van der Waals surface area contributed by atoms with Gasteiger partial charge in [0.05, 0.1) is 11.4 Å². The molecule has 8 heteroatoms. The lowest BCUT2D eigenvalue weighted by Crippen LogP contribution is -2.50. The number of likely N-dealkylation sites (tertiary alicyclic amines) is 1. The molecule has 1 saturated heterocycles. The van der Waals surface area contributed by atoms with E-state index in [-0.39, 0.29) is 5.91 Å². The van der Waals surface area contributed by atoms with Crippen LogP contribution in [-0.4, -0.2) is 28.5 Å². The maximum Gasteiger partial charge on any atom is 0.431 e. The quantitative estimate of drug-likeness (QED) is 0.365. The fraction of sp³-hybridized carbons (Fsp3) is 0.370. The van der Waals surface area contributed by atoms with Gasteiger partial charge in [0.1, 0.15) is 11.4 Å². The summed E-state index contributed by atoms with van der Waals surface area (Å²) in [6.07, 6.45) is -3.68. The molecule has 186 valence electrons. The summed E-state index contributed by atoms with van der Waals surface area (Å²) in [4.78, 5) is 15.4. The van der Waals surface area contributed by atoms with Crippen molar-refractivity contribution in [3.05, 3.63) is 77.6 Å². The number of rotatable bonds is 1. The Kier molecular flexibility index (Phi) is 6.95. The normalized spacial score (nSPS) is 16.2. The number of piperidine rings is 1. The summed E-state index contributed by atoms with van der Waals surface area (Å²) in [7, 11) is 0. The van der Waals surface area contributed by atoms with Crippen LogP contribution in [0.4, 0.5) is 13.2 Å². The van der Waals surface area contributed by atoms with Crippen LogP contribution in [0.1, 0.15) is 55.4 Å². The highest BCUT2D eigenvalue weighted by Gasteiger charge is 2.48. The number of carbonyl (C=O) groups excluding carboxylic acids is 1. The lowest BCUT2D eigenvalue weighted by atomic mass is 9.86. The van der Waals surface area contributed by atoms with Crippen LogP contribution < -0.4 is 4.74 Å². The zero-order valence-corrected chi connectivity index (χ0v) is 20.9. The Labute approximate surface area is 209 Å². The third-order valence-electron chi connectivity index (χ3n) is 6.02. The highest BCUT2D eigenvalue weighted by Crippen LogP contribution is 2.48. The number of fused-ring (bicyclic) bond motifs is 4. The van der Waals surface area contributed by atoms with Gasteiger partial charge in [-0.2, -0.15) is 13.2 Å². The van der Waals surface area contributed by atoms with Crippen molar-refractivity contribution in [3.8, 4) is 11.4 Å². The van der Waals surface area contributed by atoms with E-state index in [9.17, 15) is 18.0 Å². The fourth-order valence-electron chi connectivity index (χ4n) is 4.48. The smallest absolute Gasteiger partial charge is 0.431 e. The first-order valence-electron chi connectivity index (χ1n) is 11.7. The van der Waals surface area contributed by atoms with Crippen molar-refractivity contribution < 1.29 is 22.7 Å². The molecular weight excluding hydrogens is 473 g/mol. The summed E-state index contributed by atoms with van der Waals surface area (Å²) in [5.74, 6) is 1.15. The Morgan fingerprint density at radius 2 is 1.57 bits per heavy atom. The topological polar surface area (TPSA) is 34.5 Å². The number of thiol groups is 1. The van der Waals surface area contributed by atoms with E-state index in [0.29, 0.717) is 48.6 Å². The predicted molar refractivity (Wildman–Crippen MR) is 132 cm³/mol. The molecule has 1 fully saturated rings. The minimum absolute atomic E-state index is 0.106. The molecule has 1 spiro atoms. The first-order valence-corrected chi connectivity index (χ1v) is 12.1. The summed E-state index contributed by atoms with van der Waals surface area (Å²) in [5, 5.41) is 0. The van der Waals surface area contributed by atoms with Gasteiger partial charge in [0.2, 0.25) is 0 Å². The van der Waals surface area contributed by atoms with Gasteiger partial charge in [-0.15, -0.1) is 12.6 Å². The second kappa shape index (κ2) is 9.64. The van der Waals surface area contributed by atoms with Crippen molar-refractivity contribution in [2.75, 3.05) is 13.1 Å². The van der Waals surface area contributed by atoms with Gasteiger partial charge >= 0.3 is 6.18 Å². The fourth-order valence-corrected chi connectivity index (χ4v) is 4.63. The Morgan fingerprint density at radius 1 is 0.971 bits per heavy atom. The molecule has 2 aromatic carbocycles. The third-order valence-corrected chi connectivity index (χ3v) is 6.32. The van der Waals surface area contributed by atoms with E-state index < -0.39 is 17.5 Å². The molecule has 0 N–H and O–H groups in total. The predicted octanol–water partition coefficient (Wildman–Crippen LogP) is 6.97. The second-order valence-corrected chi connectivity index (χ2v) is 10.1. The zero-order chi connectivity index (χ0) is 25.4. The van der Waals surface area contributed by atoms with Gasteiger partial charge in [-0.3, -0.25) is 4.79 Å². The molecule has 3 heterocycles. The Balaban J connectivity index is 0.000000672. The Morgan fingerprint density at radius 3 is 2.17 bits per heavy atom. The van der Waals surface area contributed by atoms with Crippen molar-refractivity contribution >= 4 is 18.5 Å². The number of aromatic nitrogens is 1. The van der Waals surface area contributed by atoms with E-state index in [4.69, 9.17) is 4.74 Å². The molecule has 2 aliphatic rings. The van der Waals surface area contributed by atoms with Gasteiger partial charge in [0, 0.05) is 36.4 Å². The molecule has 5 rings (SSSR count). The highest BCUT2D eigenvalue weighted by molar-refractivity contribution is 7.80. The van der Waals surface area contributed by atoms with Crippen LogP contribution in [0.15, 0.2) is 65.6 Å². The van der Waals surface area contributed by atoms with Crippen LogP contribution in [0.25, 0.3) is 5.69 Å². The molecule has 2 aliphatic heterocycles. The van der Waals surface area contributed by atoms with Crippen LogP contribution in [0, 0.1) is 5.92 Å². The van der Waals surface area contributed by atoms with Crippen molar-refractivity contribution in [1.29, 1.82) is 0 Å². The average Bonchev–Trinajstić information content (AvgIpc) is 3.27. The molecule has 0 unspecified atom stereocenters. The number of alkyl halides is 3. The molecule has 0 atom stereocenters. The average molecular weight is 503 g/mol. The lowest BCUT2D eigenvalue weighted by molar-refractivity contribution is -0.143. The van der Waals surface area contributed by atoms with Crippen LogP contribution >= 0.6 is 12.6 Å². The van der Waals surface area contributed by atoms with Gasteiger partial charge < -0.3 is 14.2 Å². The van der Waals surface area contributed by atoms with Crippen LogP contribution in [0.5, 0.6) is 5.75 Å². The monoisotopic (exact) mass is 502 g/mol. The number of ether oxygens (including phenoxy) is 1. The first-order chi connectivity index (χ1) is 16.5. The summed E-state index contributed by atoms with van der Waals surface area (Å²) in [6.45, 7) is 7.27. The largest absolute Gasteiger partial charge is 0.479 e. The van der Waals surface area contributed by atoms with Crippen LogP contribution in [0.2, 0.25) is 0 Å². The van der Waals surface area contributed by atoms with Crippen LogP contribution in [-0.2, 0) is 11.8 Å². The number of carbonyl (C=O) groups is 1. The minimum atomic E-state index is -4.49. The van der Waals surface area contributed by atoms with Crippen molar-refractivity contribution in [3.63, 3.8) is 0 Å². The zero-order valence-electron chi connectivity index (χ0n) is 20.0. The maximum atomic E-state index is 13.7. The lowest BCUT2D eigenvalue weighted by Gasteiger charge is -2.45. The molecule has 1 amide bonds. The molecule has 3 aromatic rings. The summed E-state index contributed by atoms with van der Waals surface area (Å²) in [5.41, 5.74) is -0.214. The second-order valence-electron chi connectivity index (χ2n) is 9.57. The van der Waals surface area contributed by atoms with Gasteiger partial charge in [-0.25, -0.2) is 0 Å². The molecule has 35 heavy (non-hydrogen) atoms. The van der Waals surface area contributed by atoms with E-state index in [1.165, 1.54) is 10.6 Å². The number of hydrogen-bond donors (Lipinski definition) is 1. The first kappa shape index (κ1) is 25.2. The van der Waals surface area contributed by atoms with E-state index in [0.717, 1.165) is 16.9 Å².